The van der Waals surface area contributed by atoms with Gasteiger partial charge in [0.15, 0.2) is 0 Å². The van der Waals surface area contributed by atoms with Gasteiger partial charge in [-0.25, -0.2) is 0 Å². The summed E-state index contributed by atoms with van der Waals surface area (Å²) >= 11 is 0. The third kappa shape index (κ3) is 5.38. The van der Waals surface area contributed by atoms with Crippen LogP contribution in [0.15, 0.2) is 24.3 Å². The van der Waals surface area contributed by atoms with E-state index in [1.54, 1.807) is 24.3 Å². The van der Waals surface area contributed by atoms with E-state index in [9.17, 15) is 4.79 Å². The van der Waals surface area contributed by atoms with Crippen LogP contribution in [0.1, 0.15) is 49.4 Å². The summed E-state index contributed by atoms with van der Waals surface area (Å²) in [6, 6.07) is 6.95. The summed E-state index contributed by atoms with van der Waals surface area (Å²) in [6.07, 6.45) is 6.13. The van der Waals surface area contributed by atoms with Crippen LogP contribution in [0.25, 0.3) is 0 Å². The Bertz CT molecular complexity index is 333. The number of hydrogen-bond acceptors (Lipinski definition) is 2. The van der Waals surface area contributed by atoms with Gasteiger partial charge in [0.1, 0.15) is 5.75 Å². The number of ether oxygens (including phenoxy) is 1. The molecule has 0 saturated carbocycles. The zero-order valence-corrected chi connectivity index (χ0v) is 10.4. The lowest BCUT2D eigenvalue weighted by atomic mass is 10.2. The van der Waals surface area contributed by atoms with Crippen molar-refractivity contribution in [3.63, 3.8) is 0 Å². The molecule has 3 heteroatoms. The van der Waals surface area contributed by atoms with Crippen LogP contribution in [0, 0.1) is 0 Å². The van der Waals surface area contributed by atoms with Gasteiger partial charge in [-0.2, -0.15) is 0 Å². The summed E-state index contributed by atoms with van der Waals surface area (Å²) in [6.45, 7) is 2.94. The fourth-order valence-corrected chi connectivity index (χ4v) is 1.61. The van der Waals surface area contributed by atoms with Gasteiger partial charge in [-0.3, -0.25) is 4.79 Å². The fourth-order valence-electron chi connectivity index (χ4n) is 1.61. The van der Waals surface area contributed by atoms with E-state index in [1.165, 1.54) is 25.7 Å². The monoisotopic (exact) mass is 235 g/mol. The molecule has 94 valence electrons. The summed E-state index contributed by atoms with van der Waals surface area (Å²) in [5.41, 5.74) is 5.67. The Labute approximate surface area is 103 Å². The highest BCUT2D eigenvalue weighted by Gasteiger charge is 1.99. The molecule has 0 aromatic heterocycles. The predicted octanol–water partition coefficient (Wildman–Crippen LogP) is 3.13. The van der Waals surface area contributed by atoms with Crippen LogP contribution < -0.4 is 10.5 Å². The van der Waals surface area contributed by atoms with E-state index in [0.29, 0.717) is 5.56 Å². The number of carbonyl (C=O) groups is 1. The van der Waals surface area contributed by atoms with Crippen molar-refractivity contribution >= 4 is 5.91 Å². The summed E-state index contributed by atoms with van der Waals surface area (Å²) < 4.78 is 5.57. The van der Waals surface area contributed by atoms with Gasteiger partial charge in [-0.1, -0.05) is 32.6 Å². The number of amides is 1. The molecule has 1 aromatic carbocycles. The highest BCUT2D eigenvalue weighted by atomic mass is 16.5. The molecule has 1 amide bonds. The van der Waals surface area contributed by atoms with Crippen molar-refractivity contribution in [3.8, 4) is 5.75 Å². The molecule has 2 N–H and O–H groups in total. The number of rotatable bonds is 8. The number of hydrogen-bond donors (Lipinski definition) is 1. The average molecular weight is 235 g/mol. The van der Waals surface area contributed by atoms with Crippen LogP contribution in [-0.4, -0.2) is 12.5 Å². The molecule has 1 aromatic rings. The van der Waals surface area contributed by atoms with Crippen LogP contribution in [0.2, 0.25) is 0 Å². The molecular formula is C14H21NO2. The summed E-state index contributed by atoms with van der Waals surface area (Å²) in [4.78, 5) is 10.9. The first-order chi connectivity index (χ1) is 8.24. The first-order valence-corrected chi connectivity index (χ1v) is 6.26. The molecule has 0 heterocycles. The van der Waals surface area contributed by atoms with E-state index in [-0.39, 0.29) is 0 Å². The molecular weight excluding hydrogens is 214 g/mol. The standard InChI is InChI=1S/C14H21NO2/c1-2-3-4-5-6-11-17-13-9-7-12(8-10-13)14(15)16/h7-10H,2-6,11H2,1H3,(H2,15,16). The molecule has 0 aliphatic rings. The first-order valence-electron chi connectivity index (χ1n) is 6.26. The third-order valence-electron chi connectivity index (χ3n) is 2.66. The van der Waals surface area contributed by atoms with Crippen molar-refractivity contribution in [2.45, 2.75) is 39.0 Å². The summed E-state index contributed by atoms with van der Waals surface area (Å²) in [5.74, 6) is 0.390. The highest BCUT2D eigenvalue weighted by Crippen LogP contribution is 2.12. The number of primary amides is 1. The Morgan fingerprint density at radius 3 is 2.35 bits per heavy atom. The van der Waals surface area contributed by atoms with Gasteiger partial charge in [-0.15, -0.1) is 0 Å². The van der Waals surface area contributed by atoms with Gasteiger partial charge in [0.05, 0.1) is 6.61 Å². The second-order valence-electron chi connectivity index (χ2n) is 4.15. The maximum Gasteiger partial charge on any atom is 0.248 e. The predicted molar refractivity (Wildman–Crippen MR) is 69.2 cm³/mol. The van der Waals surface area contributed by atoms with Gasteiger partial charge >= 0.3 is 0 Å². The maximum absolute atomic E-state index is 10.9. The van der Waals surface area contributed by atoms with Crippen molar-refractivity contribution in [1.29, 1.82) is 0 Å². The lowest BCUT2D eigenvalue weighted by Gasteiger charge is -2.06. The van der Waals surface area contributed by atoms with Crippen LogP contribution >= 0.6 is 0 Å². The first kappa shape index (κ1) is 13.6. The Morgan fingerprint density at radius 2 is 1.76 bits per heavy atom. The molecule has 0 bridgehead atoms. The Balaban J connectivity index is 2.21. The SMILES string of the molecule is CCCCCCCOc1ccc(C(N)=O)cc1. The molecule has 0 fully saturated rings. The van der Waals surface area contributed by atoms with E-state index in [4.69, 9.17) is 10.5 Å². The molecule has 0 aliphatic carbocycles. The van der Waals surface area contributed by atoms with Gasteiger partial charge in [0, 0.05) is 5.56 Å². The van der Waals surface area contributed by atoms with E-state index in [2.05, 4.69) is 6.92 Å². The minimum atomic E-state index is -0.406. The molecule has 0 spiro atoms. The van der Waals surface area contributed by atoms with E-state index in [0.717, 1.165) is 18.8 Å². The lowest BCUT2D eigenvalue weighted by molar-refractivity contribution is 0.100. The van der Waals surface area contributed by atoms with Gasteiger partial charge < -0.3 is 10.5 Å². The molecule has 1 rings (SSSR count). The Kier molecular flexibility index (Phi) is 6.15. The quantitative estimate of drug-likeness (QED) is 0.704. The zero-order chi connectivity index (χ0) is 12.5. The zero-order valence-electron chi connectivity index (χ0n) is 10.4. The largest absolute Gasteiger partial charge is 0.494 e. The van der Waals surface area contributed by atoms with Crippen molar-refractivity contribution in [1.82, 2.24) is 0 Å². The number of benzene rings is 1. The molecule has 0 unspecified atom stereocenters. The molecule has 17 heavy (non-hydrogen) atoms. The second-order valence-corrected chi connectivity index (χ2v) is 4.15. The second kappa shape index (κ2) is 7.71. The average Bonchev–Trinajstić information content (AvgIpc) is 2.34. The number of unbranched alkanes of at least 4 members (excludes halogenated alkanes) is 4. The van der Waals surface area contributed by atoms with Crippen molar-refractivity contribution in [2.75, 3.05) is 6.61 Å². The Hall–Kier alpha value is -1.51. The van der Waals surface area contributed by atoms with Crippen LogP contribution in [-0.2, 0) is 0 Å². The number of carbonyl (C=O) groups excluding carboxylic acids is 1. The van der Waals surface area contributed by atoms with Gasteiger partial charge in [0.2, 0.25) is 5.91 Å². The summed E-state index contributed by atoms with van der Waals surface area (Å²) in [5, 5.41) is 0. The van der Waals surface area contributed by atoms with Gasteiger partial charge in [0.25, 0.3) is 0 Å². The van der Waals surface area contributed by atoms with Crippen molar-refractivity contribution < 1.29 is 9.53 Å². The maximum atomic E-state index is 10.9. The topological polar surface area (TPSA) is 52.3 Å². The summed E-state index contributed by atoms with van der Waals surface area (Å²) in [7, 11) is 0. The van der Waals surface area contributed by atoms with E-state index < -0.39 is 5.91 Å². The highest BCUT2D eigenvalue weighted by molar-refractivity contribution is 5.92. The van der Waals surface area contributed by atoms with Crippen molar-refractivity contribution in [2.24, 2.45) is 5.73 Å². The van der Waals surface area contributed by atoms with Crippen LogP contribution in [0.3, 0.4) is 0 Å². The van der Waals surface area contributed by atoms with Gasteiger partial charge in [-0.05, 0) is 30.7 Å². The van der Waals surface area contributed by atoms with Crippen LogP contribution in [0.5, 0.6) is 5.75 Å². The minimum absolute atomic E-state index is 0.406. The van der Waals surface area contributed by atoms with Crippen LogP contribution in [0.4, 0.5) is 0 Å². The fraction of sp³-hybridized carbons (Fsp3) is 0.500. The molecule has 0 atom stereocenters. The molecule has 0 radical (unpaired) electrons. The normalized spacial score (nSPS) is 10.2. The lowest BCUT2D eigenvalue weighted by Crippen LogP contribution is -2.10. The Morgan fingerprint density at radius 1 is 1.12 bits per heavy atom. The van der Waals surface area contributed by atoms with Crippen molar-refractivity contribution in [3.05, 3.63) is 29.8 Å². The third-order valence-corrected chi connectivity index (χ3v) is 2.66. The minimum Gasteiger partial charge on any atom is -0.494 e. The van der Waals surface area contributed by atoms with E-state index >= 15 is 0 Å². The van der Waals surface area contributed by atoms with E-state index in [1.807, 2.05) is 0 Å². The smallest absolute Gasteiger partial charge is 0.248 e. The number of nitrogens with two attached hydrogens (primary N) is 1. The molecule has 0 saturated heterocycles. The molecule has 3 nitrogen and oxygen atoms in total. The molecule has 0 aliphatic heterocycles.